The highest BCUT2D eigenvalue weighted by Crippen LogP contribution is 2.38. The first-order chi connectivity index (χ1) is 17.7. The van der Waals surface area contributed by atoms with Crippen LogP contribution in [0.1, 0.15) is 67.5 Å². The van der Waals surface area contributed by atoms with Crippen LogP contribution in [0.15, 0.2) is 30.3 Å². The number of aryl methyl sites for hydroxylation is 2. The summed E-state index contributed by atoms with van der Waals surface area (Å²) in [5.41, 5.74) is 8.39. The van der Waals surface area contributed by atoms with Crippen LogP contribution < -0.4 is 0 Å². The number of likely N-dealkylation sites (N-methyl/N-ethyl adjacent to an activating group) is 1. The lowest BCUT2D eigenvalue weighted by atomic mass is 9.87. The third-order valence-electron chi connectivity index (χ3n) is 8.19. The second-order valence-corrected chi connectivity index (χ2v) is 13.0. The number of aromatic amines is 1. The molecular formula is C30H40N4O2S. The van der Waals surface area contributed by atoms with Crippen LogP contribution in [0, 0.1) is 13.8 Å². The average Bonchev–Trinajstić information content (AvgIpc) is 3.47. The molecule has 2 unspecified atom stereocenters. The van der Waals surface area contributed by atoms with Crippen LogP contribution in [0.25, 0.3) is 22.2 Å². The number of aromatic nitrogens is 2. The molecule has 2 fully saturated rings. The number of nitrogens with one attached hydrogen (secondary N) is 1. The molecule has 3 aromatic rings. The number of H-pyrrole nitrogens is 1. The summed E-state index contributed by atoms with van der Waals surface area (Å²) in [6.07, 6.45) is 2.91. The predicted molar refractivity (Wildman–Crippen MR) is 153 cm³/mol. The van der Waals surface area contributed by atoms with Crippen molar-refractivity contribution in [2.75, 3.05) is 38.2 Å². The van der Waals surface area contributed by atoms with Gasteiger partial charge < -0.3 is 14.4 Å². The molecule has 2 saturated heterocycles. The number of pyridine rings is 1. The summed E-state index contributed by atoms with van der Waals surface area (Å²) < 4.78 is 11.7. The number of hydrogen-bond donors (Lipinski definition) is 1. The molecule has 0 spiro atoms. The van der Waals surface area contributed by atoms with Crippen LogP contribution in [0.4, 0.5) is 0 Å². The monoisotopic (exact) mass is 520 g/mol. The van der Waals surface area contributed by atoms with Crippen molar-refractivity contribution < 1.29 is 9.35 Å². The van der Waals surface area contributed by atoms with E-state index < -0.39 is 11.2 Å². The summed E-state index contributed by atoms with van der Waals surface area (Å²) >= 11 is -0.718. The van der Waals surface area contributed by atoms with Gasteiger partial charge >= 0.3 is 0 Å². The maximum Gasteiger partial charge on any atom is 0.236 e. The van der Waals surface area contributed by atoms with E-state index in [0.29, 0.717) is 24.1 Å². The second-order valence-electron chi connectivity index (χ2n) is 11.3. The van der Waals surface area contributed by atoms with Crippen molar-refractivity contribution in [3.05, 3.63) is 52.8 Å². The summed E-state index contributed by atoms with van der Waals surface area (Å²) in [6.45, 7) is 10.7. The Balaban J connectivity index is 1.30. The number of likely N-dealkylation sites (tertiary alicyclic amines) is 1. The van der Waals surface area contributed by atoms with Crippen LogP contribution in [0.3, 0.4) is 0 Å². The Morgan fingerprint density at radius 1 is 1.16 bits per heavy atom. The van der Waals surface area contributed by atoms with Gasteiger partial charge in [-0.2, -0.15) is 0 Å². The first kappa shape index (κ1) is 26.3. The smallest absolute Gasteiger partial charge is 0.236 e. The molecule has 2 aliphatic rings. The average molecular weight is 521 g/mol. The number of carbonyl (C=O) groups is 1. The quantitative estimate of drug-likeness (QED) is 0.457. The first-order valence-electron chi connectivity index (χ1n) is 13.6. The fraction of sp³-hybridized carbons (Fsp3) is 0.533. The second kappa shape index (κ2) is 10.8. The van der Waals surface area contributed by atoms with Crippen molar-refractivity contribution in [3.63, 3.8) is 0 Å². The molecular weight excluding hydrogens is 480 g/mol. The van der Waals surface area contributed by atoms with Gasteiger partial charge in [0.05, 0.1) is 18.3 Å². The maximum atomic E-state index is 13.0. The summed E-state index contributed by atoms with van der Waals surface area (Å²) in [7, 11) is 2.00. The van der Waals surface area contributed by atoms with Crippen molar-refractivity contribution in [2.45, 2.75) is 64.8 Å². The van der Waals surface area contributed by atoms with Gasteiger partial charge in [0.2, 0.25) is 5.91 Å². The number of fused-ring (bicyclic) bond motifs is 1. The first-order valence-corrected chi connectivity index (χ1v) is 15.1. The summed E-state index contributed by atoms with van der Waals surface area (Å²) in [5, 5.41) is 1.31. The molecule has 1 aromatic carbocycles. The van der Waals surface area contributed by atoms with Crippen molar-refractivity contribution in [1.82, 2.24) is 19.8 Å². The lowest BCUT2D eigenvalue weighted by Gasteiger charge is -2.34. The van der Waals surface area contributed by atoms with Crippen molar-refractivity contribution >= 4 is 28.0 Å². The minimum atomic E-state index is -0.718. The third-order valence-corrected chi connectivity index (χ3v) is 9.64. The summed E-state index contributed by atoms with van der Waals surface area (Å²) in [5.74, 6) is 2.53. The van der Waals surface area contributed by atoms with Gasteiger partial charge in [0.1, 0.15) is 11.5 Å². The zero-order chi connectivity index (χ0) is 26.3. The van der Waals surface area contributed by atoms with Gasteiger partial charge in [-0.05, 0) is 81.0 Å². The van der Waals surface area contributed by atoms with E-state index in [2.05, 4.69) is 72.9 Å². The molecule has 1 N–H and O–H groups in total. The number of nitrogens with zero attached hydrogens (tertiary/aromatic N) is 3. The van der Waals surface area contributed by atoms with Gasteiger partial charge in [0.25, 0.3) is 0 Å². The Morgan fingerprint density at radius 2 is 1.86 bits per heavy atom. The highest BCUT2D eigenvalue weighted by molar-refractivity contribution is 7.91. The molecule has 2 aromatic heterocycles. The van der Waals surface area contributed by atoms with Crippen LogP contribution in [0.2, 0.25) is 0 Å². The topological polar surface area (TPSA) is 75.3 Å². The molecule has 0 saturated carbocycles. The van der Waals surface area contributed by atoms with Crippen molar-refractivity contribution in [3.8, 4) is 11.3 Å². The molecule has 2 atom stereocenters. The molecule has 7 heteroatoms. The van der Waals surface area contributed by atoms with Crippen molar-refractivity contribution in [2.24, 2.45) is 0 Å². The molecule has 4 heterocycles. The van der Waals surface area contributed by atoms with E-state index in [1.54, 1.807) is 0 Å². The highest BCUT2D eigenvalue weighted by Gasteiger charge is 2.32. The van der Waals surface area contributed by atoms with Gasteiger partial charge in [-0.1, -0.05) is 31.1 Å². The fourth-order valence-corrected chi connectivity index (χ4v) is 7.74. The Kier molecular flexibility index (Phi) is 7.66. The van der Waals surface area contributed by atoms with E-state index >= 15 is 0 Å². The van der Waals surface area contributed by atoms with E-state index in [9.17, 15) is 9.35 Å². The molecule has 37 heavy (non-hydrogen) atoms. The van der Waals surface area contributed by atoms with E-state index in [-0.39, 0.29) is 11.9 Å². The standard InChI is InChI=1S/C30H40N4O2S/c1-19(2)29-26-16-23(6-7-27(26)32-30(29)24-14-20(3)31-21(4)15-24)22-8-11-34(12-9-22)28(35)17-33(5)25-10-13-37(36)18-25/h6-7,14-16,19,22,25,32H,8-13,17-18H2,1-5H3. The molecule has 1 amide bonds. The maximum absolute atomic E-state index is 13.0. The van der Waals surface area contributed by atoms with E-state index in [1.807, 2.05) is 11.9 Å². The van der Waals surface area contributed by atoms with Gasteiger partial charge in [-0.3, -0.25) is 14.7 Å². The van der Waals surface area contributed by atoms with Gasteiger partial charge in [-0.25, -0.2) is 0 Å². The Bertz CT molecular complexity index is 1260. The lowest BCUT2D eigenvalue weighted by Crippen LogP contribution is -2.45. The fourth-order valence-electron chi connectivity index (χ4n) is 6.19. The van der Waals surface area contributed by atoms with Crippen LogP contribution >= 0.6 is 0 Å². The van der Waals surface area contributed by atoms with Crippen LogP contribution in [-0.2, 0) is 16.0 Å². The van der Waals surface area contributed by atoms with Crippen LogP contribution in [-0.4, -0.2) is 74.5 Å². The Hall–Kier alpha value is -2.35. The van der Waals surface area contributed by atoms with E-state index in [0.717, 1.165) is 49.5 Å². The Labute approximate surface area is 224 Å². The SMILES string of the molecule is Cc1cc(-c2[nH]c3ccc(C4CCN(C(=O)CN(C)C5CC[S+]([O-])C5)CC4)cc3c2C(C)C)cc(C)n1. The normalized spacial score (nSPS) is 21.0. The summed E-state index contributed by atoms with van der Waals surface area (Å²) in [6, 6.07) is 11.5. The third kappa shape index (κ3) is 5.59. The van der Waals surface area contributed by atoms with Gasteiger partial charge in [0, 0.05) is 47.4 Å². The minimum absolute atomic E-state index is 0.203. The molecule has 2 aliphatic heterocycles. The number of carbonyl (C=O) groups excluding carboxylic acids is 1. The molecule has 0 aliphatic carbocycles. The van der Waals surface area contributed by atoms with E-state index in [4.69, 9.17) is 0 Å². The van der Waals surface area contributed by atoms with Gasteiger partial charge in [0.15, 0.2) is 0 Å². The molecule has 5 rings (SSSR count). The largest absolute Gasteiger partial charge is 0.616 e. The van der Waals surface area contributed by atoms with Crippen molar-refractivity contribution in [1.29, 1.82) is 0 Å². The van der Waals surface area contributed by atoms with Crippen LogP contribution in [0.5, 0.6) is 0 Å². The number of hydrogen-bond acceptors (Lipinski definition) is 4. The minimum Gasteiger partial charge on any atom is -0.616 e. The predicted octanol–water partition coefficient (Wildman–Crippen LogP) is 5.13. The molecule has 198 valence electrons. The summed E-state index contributed by atoms with van der Waals surface area (Å²) in [4.78, 5) is 25.4. The number of rotatable bonds is 6. The van der Waals surface area contributed by atoms with E-state index in [1.165, 1.54) is 33.3 Å². The lowest BCUT2D eigenvalue weighted by molar-refractivity contribution is -0.133. The highest BCUT2D eigenvalue weighted by atomic mass is 32.2. The number of amides is 1. The molecule has 0 bridgehead atoms. The molecule has 6 nitrogen and oxygen atoms in total. The van der Waals surface area contributed by atoms with Gasteiger partial charge in [-0.15, -0.1) is 0 Å². The number of piperidine rings is 1. The Morgan fingerprint density at radius 3 is 2.49 bits per heavy atom. The number of benzene rings is 1. The zero-order valence-electron chi connectivity index (χ0n) is 22.8. The zero-order valence-corrected chi connectivity index (χ0v) is 23.7. The molecule has 0 radical (unpaired) electrons.